The Kier molecular flexibility index (Phi) is 5.61. The molecular weight excluding hydrogens is 293 g/mol. The number of ether oxygens (including phenoxy) is 1. The maximum atomic E-state index is 13.3. The van der Waals surface area contributed by atoms with E-state index in [0.717, 1.165) is 11.3 Å². The molecule has 0 N–H and O–H groups in total. The largest absolute Gasteiger partial charge is 0.466 e. The highest BCUT2D eigenvalue weighted by atomic mass is 32.2. The van der Waals surface area contributed by atoms with E-state index >= 15 is 0 Å². The van der Waals surface area contributed by atoms with E-state index in [9.17, 15) is 14.0 Å². The first-order chi connectivity index (χ1) is 10.1. The molecule has 1 fully saturated rings. The molecule has 1 heterocycles. The van der Waals surface area contributed by atoms with Gasteiger partial charge in [0.15, 0.2) is 0 Å². The molecule has 1 saturated heterocycles. The fourth-order valence-corrected chi connectivity index (χ4v) is 3.51. The molecule has 1 unspecified atom stereocenters. The maximum absolute atomic E-state index is 13.3. The lowest BCUT2D eigenvalue weighted by molar-refractivity contribution is -0.145. The van der Waals surface area contributed by atoms with Gasteiger partial charge in [-0.3, -0.25) is 9.59 Å². The molecule has 1 aromatic rings. The number of halogens is 1. The molecule has 0 spiro atoms. The van der Waals surface area contributed by atoms with Crippen molar-refractivity contribution in [1.82, 2.24) is 4.90 Å². The average Bonchev–Trinajstić information content (AvgIpc) is 2.94. The van der Waals surface area contributed by atoms with Gasteiger partial charge < -0.3 is 9.64 Å². The molecule has 1 aliphatic heterocycles. The SMILES string of the molecule is CCOC(=O)CCC(=O)N1CCSC1c1cccc(F)c1. The molecule has 114 valence electrons. The van der Waals surface area contributed by atoms with Crippen molar-refractivity contribution in [3.8, 4) is 0 Å². The number of esters is 1. The van der Waals surface area contributed by atoms with Crippen molar-refractivity contribution >= 4 is 23.6 Å². The molecular formula is C15H18FNO3S. The zero-order valence-electron chi connectivity index (χ0n) is 11.9. The normalized spacial score (nSPS) is 17.8. The van der Waals surface area contributed by atoms with Crippen LogP contribution >= 0.6 is 11.8 Å². The van der Waals surface area contributed by atoms with E-state index in [1.54, 1.807) is 29.7 Å². The lowest BCUT2D eigenvalue weighted by Gasteiger charge is -2.24. The molecule has 6 heteroatoms. The predicted octanol–water partition coefficient (Wildman–Crippen LogP) is 2.74. The summed E-state index contributed by atoms with van der Waals surface area (Å²) in [5.41, 5.74) is 0.780. The van der Waals surface area contributed by atoms with Gasteiger partial charge in [-0.1, -0.05) is 12.1 Å². The van der Waals surface area contributed by atoms with E-state index in [0.29, 0.717) is 13.2 Å². The maximum Gasteiger partial charge on any atom is 0.306 e. The monoisotopic (exact) mass is 311 g/mol. The molecule has 2 rings (SSSR count). The summed E-state index contributed by atoms with van der Waals surface area (Å²) < 4.78 is 18.1. The summed E-state index contributed by atoms with van der Waals surface area (Å²) in [5, 5.41) is -0.171. The number of carbonyl (C=O) groups is 2. The van der Waals surface area contributed by atoms with Crippen LogP contribution < -0.4 is 0 Å². The van der Waals surface area contributed by atoms with Crippen molar-refractivity contribution < 1.29 is 18.7 Å². The van der Waals surface area contributed by atoms with Crippen molar-refractivity contribution in [2.45, 2.75) is 25.1 Å². The minimum Gasteiger partial charge on any atom is -0.466 e. The Balaban J connectivity index is 1.98. The molecule has 0 radical (unpaired) electrons. The fourth-order valence-electron chi connectivity index (χ4n) is 2.25. The highest BCUT2D eigenvalue weighted by Gasteiger charge is 2.30. The highest BCUT2D eigenvalue weighted by Crippen LogP contribution is 2.38. The Morgan fingerprint density at radius 3 is 2.95 bits per heavy atom. The third-order valence-corrected chi connectivity index (χ3v) is 4.45. The van der Waals surface area contributed by atoms with Crippen molar-refractivity contribution in [2.75, 3.05) is 18.9 Å². The van der Waals surface area contributed by atoms with Crippen molar-refractivity contribution in [3.63, 3.8) is 0 Å². The minimum absolute atomic E-state index is 0.0870. The Labute approximate surface area is 127 Å². The van der Waals surface area contributed by atoms with E-state index in [2.05, 4.69) is 0 Å². The van der Waals surface area contributed by atoms with E-state index in [-0.39, 0.29) is 35.9 Å². The number of amides is 1. The minimum atomic E-state index is -0.361. The van der Waals surface area contributed by atoms with E-state index in [1.807, 2.05) is 6.07 Å². The van der Waals surface area contributed by atoms with Gasteiger partial charge in [0.1, 0.15) is 11.2 Å². The standard InChI is InChI=1S/C15H18FNO3S/c1-2-20-14(19)7-6-13(18)17-8-9-21-15(17)11-4-3-5-12(16)10-11/h3-5,10,15H,2,6-9H2,1H3. The molecule has 1 aliphatic rings. The van der Waals surface area contributed by atoms with Crippen LogP contribution in [0.2, 0.25) is 0 Å². The summed E-state index contributed by atoms with van der Waals surface area (Å²) in [6, 6.07) is 6.30. The highest BCUT2D eigenvalue weighted by molar-refractivity contribution is 7.99. The van der Waals surface area contributed by atoms with Gasteiger partial charge in [-0.05, 0) is 24.6 Å². The van der Waals surface area contributed by atoms with E-state index in [4.69, 9.17) is 4.74 Å². The van der Waals surface area contributed by atoms with Crippen LogP contribution in [0.5, 0.6) is 0 Å². The van der Waals surface area contributed by atoms with Crippen LogP contribution in [0.1, 0.15) is 30.7 Å². The molecule has 4 nitrogen and oxygen atoms in total. The van der Waals surface area contributed by atoms with Crippen LogP contribution in [0.3, 0.4) is 0 Å². The van der Waals surface area contributed by atoms with Crippen molar-refractivity contribution in [1.29, 1.82) is 0 Å². The average molecular weight is 311 g/mol. The molecule has 21 heavy (non-hydrogen) atoms. The topological polar surface area (TPSA) is 46.6 Å². The van der Waals surface area contributed by atoms with Gasteiger partial charge in [0, 0.05) is 18.7 Å². The first kappa shape index (κ1) is 15.8. The second-order valence-corrected chi connectivity index (χ2v) is 5.86. The smallest absolute Gasteiger partial charge is 0.306 e. The molecule has 1 amide bonds. The van der Waals surface area contributed by atoms with Gasteiger partial charge >= 0.3 is 5.97 Å². The summed E-state index contributed by atoms with van der Waals surface area (Å²) in [6.07, 6.45) is 0.217. The van der Waals surface area contributed by atoms with Crippen LogP contribution in [-0.4, -0.2) is 35.7 Å². The zero-order chi connectivity index (χ0) is 15.2. The lowest BCUT2D eigenvalue weighted by Crippen LogP contribution is -2.30. The van der Waals surface area contributed by atoms with Gasteiger partial charge in [0.2, 0.25) is 5.91 Å². The predicted molar refractivity (Wildman–Crippen MR) is 79.2 cm³/mol. The zero-order valence-corrected chi connectivity index (χ0v) is 12.7. The van der Waals surface area contributed by atoms with E-state index in [1.165, 1.54) is 12.1 Å². The molecule has 1 atom stereocenters. The molecule has 0 bridgehead atoms. The number of thioether (sulfide) groups is 1. The van der Waals surface area contributed by atoms with Gasteiger partial charge in [0.25, 0.3) is 0 Å². The van der Waals surface area contributed by atoms with Crippen LogP contribution in [0.4, 0.5) is 4.39 Å². The Bertz CT molecular complexity index is 523. The second-order valence-electron chi connectivity index (χ2n) is 4.67. The van der Waals surface area contributed by atoms with Gasteiger partial charge in [-0.25, -0.2) is 4.39 Å². The molecule has 0 saturated carbocycles. The van der Waals surface area contributed by atoms with Crippen molar-refractivity contribution in [2.24, 2.45) is 0 Å². The Morgan fingerprint density at radius 1 is 1.43 bits per heavy atom. The van der Waals surface area contributed by atoms with E-state index < -0.39 is 0 Å². The first-order valence-corrected chi connectivity index (χ1v) is 7.99. The van der Waals surface area contributed by atoms with Crippen LogP contribution in [0, 0.1) is 5.82 Å². The summed E-state index contributed by atoms with van der Waals surface area (Å²) in [4.78, 5) is 25.3. The quantitative estimate of drug-likeness (QED) is 0.785. The Hall–Kier alpha value is -1.56. The molecule has 0 aromatic heterocycles. The first-order valence-electron chi connectivity index (χ1n) is 6.94. The van der Waals surface area contributed by atoms with Crippen molar-refractivity contribution in [3.05, 3.63) is 35.6 Å². The Morgan fingerprint density at radius 2 is 2.24 bits per heavy atom. The number of benzene rings is 1. The molecule has 1 aromatic carbocycles. The molecule has 0 aliphatic carbocycles. The van der Waals surface area contributed by atoms with Gasteiger partial charge in [-0.2, -0.15) is 0 Å². The van der Waals surface area contributed by atoms with Crippen LogP contribution in [0.25, 0.3) is 0 Å². The number of hydrogen-bond acceptors (Lipinski definition) is 4. The number of hydrogen-bond donors (Lipinski definition) is 0. The summed E-state index contributed by atoms with van der Waals surface area (Å²) in [5.74, 6) is 0.0491. The number of rotatable bonds is 5. The lowest BCUT2D eigenvalue weighted by atomic mass is 10.2. The van der Waals surface area contributed by atoms with Gasteiger partial charge in [0.05, 0.1) is 13.0 Å². The summed E-state index contributed by atoms with van der Waals surface area (Å²) in [6.45, 7) is 2.67. The number of carbonyl (C=O) groups excluding carboxylic acids is 2. The van der Waals surface area contributed by atoms with Crippen LogP contribution in [-0.2, 0) is 14.3 Å². The third-order valence-electron chi connectivity index (χ3n) is 3.19. The van der Waals surface area contributed by atoms with Crippen LogP contribution in [0.15, 0.2) is 24.3 Å². The summed E-state index contributed by atoms with van der Waals surface area (Å²) >= 11 is 1.61. The summed E-state index contributed by atoms with van der Waals surface area (Å²) in [7, 11) is 0. The number of nitrogens with zero attached hydrogens (tertiary/aromatic N) is 1. The fraction of sp³-hybridized carbons (Fsp3) is 0.467. The van der Waals surface area contributed by atoms with Gasteiger partial charge in [-0.15, -0.1) is 11.8 Å². The second kappa shape index (κ2) is 7.45. The third kappa shape index (κ3) is 4.20.